The van der Waals surface area contributed by atoms with Crippen LogP contribution in [0.15, 0.2) is 48.8 Å². The minimum atomic E-state index is -0.700. The lowest BCUT2D eigenvalue weighted by atomic mass is 10.2. The molecule has 0 fully saturated rings. The molecule has 4 rings (SSSR count). The molecule has 0 aliphatic heterocycles. The van der Waals surface area contributed by atoms with Gasteiger partial charge in [-0.15, -0.1) is 0 Å². The van der Waals surface area contributed by atoms with E-state index in [-0.39, 0.29) is 36.3 Å². The van der Waals surface area contributed by atoms with Gasteiger partial charge in [0, 0.05) is 25.4 Å². The molecule has 0 saturated heterocycles. The molecule has 0 aliphatic carbocycles. The van der Waals surface area contributed by atoms with Crippen LogP contribution in [0.4, 0.5) is 15.0 Å². The molecule has 0 unspecified atom stereocenters. The SMILES string of the molecule is COCCNC(=O)Oc1cnc(-c2nn(Cc3ccccc3F)c3ncccc23)nc1N. The lowest BCUT2D eigenvalue weighted by Gasteiger charge is -2.08. The molecule has 1 amide bonds. The normalized spacial score (nSPS) is 10.9. The smallest absolute Gasteiger partial charge is 0.405 e. The minimum Gasteiger partial charge on any atom is -0.405 e. The van der Waals surface area contributed by atoms with Crippen LogP contribution in [0.25, 0.3) is 22.6 Å². The Kier molecular flexibility index (Phi) is 6.17. The quantitative estimate of drug-likeness (QED) is 0.422. The zero-order chi connectivity index (χ0) is 22.5. The summed E-state index contributed by atoms with van der Waals surface area (Å²) in [5.74, 6) is -0.131. The summed E-state index contributed by atoms with van der Waals surface area (Å²) >= 11 is 0. The number of amides is 1. The van der Waals surface area contributed by atoms with Crippen LogP contribution < -0.4 is 15.8 Å². The summed E-state index contributed by atoms with van der Waals surface area (Å²) in [5.41, 5.74) is 7.42. The van der Waals surface area contributed by atoms with Gasteiger partial charge >= 0.3 is 6.09 Å². The van der Waals surface area contributed by atoms with E-state index in [1.807, 2.05) is 6.07 Å². The number of rotatable bonds is 7. The van der Waals surface area contributed by atoms with Crippen molar-refractivity contribution in [2.75, 3.05) is 26.0 Å². The monoisotopic (exact) mass is 437 g/mol. The first-order valence-corrected chi connectivity index (χ1v) is 9.69. The minimum absolute atomic E-state index is 0.0110. The molecular weight excluding hydrogens is 417 g/mol. The fourth-order valence-electron chi connectivity index (χ4n) is 3.04. The van der Waals surface area contributed by atoms with Crippen LogP contribution in [0.3, 0.4) is 0 Å². The second-order valence-corrected chi connectivity index (χ2v) is 6.72. The molecule has 10 nitrogen and oxygen atoms in total. The summed E-state index contributed by atoms with van der Waals surface area (Å²) < 4.78 is 25.7. The molecular formula is C21H20FN7O3. The topological polar surface area (TPSA) is 130 Å². The van der Waals surface area contributed by atoms with Crippen LogP contribution >= 0.6 is 0 Å². The molecule has 0 saturated carbocycles. The van der Waals surface area contributed by atoms with Crippen molar-refractivity contribution in [3.05, 3.63) is 60.2 Å². The van der Waals surface area contributed by atoms with Crippen LogP contribution in [-0.4, -0.2) is 51.1 Å². The molecule has 1 aromatic carbocycles. The lowest BCUT2D eigenvalue weighted by Crippen LogP contribution is -2.30. The van der Waals surface area contributed by atoms with Gasteiger partial charge in [0.2, 0.25) is 0 Å². The van der Waals surface area contributed by atoms with E-state index in [4.69, 9.17) is 15.2 Å². The zero-order valence-corrected chi connectivity index (χ0v) is 17.2. The highest BCUT2D eigenvalue weighted by Gasteiger charge is 2.18. The van der Waals surface area contributed by atoms with Crippen LogP contribution in [0, 0.1) is 5.82 Å². The Balaban J connectivity index is 1.63. The van der Waals surface area contributed by atoms with Gasteiger partial charge in [-0.2, -0.15) is 5.10 Å². The number of nitrogen functional groups attached to an aromatic ring is 1. The van der Waals surface area contributed by atoms with Gasteiger partial charge < -0.3 is 20.5 Å². The summed E-state index contributed by atoms with van der Waals surface area (Å²) in [6.45, 7) is 0.807. The number of fused-ring (bicyclic) bond motifs is 1. The molecule has 11 heteroatoms. The van der Waals surface area contributed by atoms with Gasteiger partial charge in [-0.1, -0.05) is 18.2 Å². The highest BCUT2D eigenvalue weighted by atomic mass is 19.1. The molecule has 164 valence electrons. The number of methoxy groups -OCH3 is 1. The third kappa shape index (κ3) is 4.47. The number of hydrogen-bond donors (Lipinski definition) is 2. The molecule has 3 heterocycles. The third-order valence-electron chi connectivity index (χ3n) is 4.56. The Morgan fingerprint density at radius 1 is 1.22 bits per heavy atom. The summed E-state index contributed by atoms with van der Waals surface area (Å²) in [4.78, 5) is 24.7. The largest absolute Gasteiger partial charge is 0.412 e. The standard InChI is InChI=1S/C21H20FN7O3/c1-31-10-9-25-21(30)32-16-11-26-19(27-18(16)23)17-14-6-4-8-24-20(14)29(28-17)12-13-5-2-3-7-15(13)22/h2-8,11H,9-10,12H2,1H3,(H,25,30)(H2,23,26,27). The van der Waals surface area contributed by atoms with E-state index < -0.39 is 6.09 Å². The van der Waals surface area contributed by atoms with Gasteiger partial charge in [0.05, 0.1) is 24.7 Å². The highest BCUT2D eigenvalue weighted by Crippen LogP contribution is 2.28. The predicted molar refractivity (Wildman–Crippen MR) is 114 cm³/mol. The van der Waals surface area contributed by atoms with Crippen molar-refractivity contribution in [3.63, 3.8) is 0 Å². The van der Waals surface area contributed by atoms with Gasteiger partial charge in [0.1, 0.15) is 11.5 Å². The number of benzene rings is 1. The van der Waals surface area contributed by atoms with Crippen molar-refractivity contribution in [1.29, 1.82) is 0 Å². The molecule has 0 radical (unpaired) electrons. The second kappa shape index (κ2) is 9.35. The fourth-order valence-corrected chi connectivity index (χ4v) is 3.04. The van der Waals surface area contributed by atoms with Gasteiger partial charge in [-0.3, -0.25) is 0 Å². The van der Waals surface area contributed by atoms with Gasteiger partial charge in [-0.05, 0) is 18.2 Å². The first-order chi connectivity index (χ1) is 15.6. The highest BCUT2D eigenvalue weighted by molar-refractivity contribution is 5.89. The van der Waals surface area contributed by atoms with Crippen LogP contribution in [0.2, 0.25) is 0 Å². The Bertz CT molecular complexity index is 1260. The van der Waals surface area contributed by atoms with E-state index in [0.29, 0.717) is 28.9 Å². The number of nitrogens with one attached hydrogen (secondary N) is 1. The molecule has 4 aromatic rings. The molecule has 0 atom stereocenters. The van der Waals surface area contributed by atoms with E-state index in [1.54, 1.807) is 35.1 Å². The number of ether oxygens (including phenoxy) is 2. The van der Waals surface area contributed by atoms with Gasteiger partial charge in [0.25, 0.3) is 0 Å². The average molecular weight is 437 g/mol. The Morgan fingerprint density at radius 3 is 2.84 bits per heavy atom. The number of anilines is 1. The van der Waals surface area contributed by atoms with Crippen molar-refractivity contribution in [1.82, 2.24) is 30.0 Å². The fraction of sp³-hybridized carbons (Fsp3) is 0.190. The maximum atomic E-state index is 14.1. The summed E-state index contributed by atoms with van der Waals surface area (Å²) in [6, 6.07) is 10.0. The van der Waals surface area contributed by atoms with Gasteiger partial charge in [-0.25, -0.2) is 28.8 Å². The average Bonchev–Trinajstić information content (AvgIpc) is 3.15. The lowest BCUT2D eigenvalue weighted by molar-refractivity contribution is 0.180. The van der Waals surface area contributed by atoms with Crippen LogP contribution in [0.1, 0.15) is 5.56 Å². The summed E-state index contributed by atoms with van der Waals surface area (Å²) in [6.07, 6.45) is 2.22. The van der Waals surface area contributed by atoms with E-state index in [2.05, 4.69) is 25.4 Å². The first kappa shape index (κ1) is 21.1. The number of carbonyl (C=O) groups excluding carboxylic acids is 1. The molecule has 0 bridgehead atoms. The van der Waals surface area contributed by atoms with E-state index >= 15 is 0 Å². The molecule has 3 N–H and O–H groups in total. The van der Waals surface area contributed by atoms with Crippen molar-refractivity contribution in [3.8, 4) is 17.3 Å². The molecule has 32 heavy (non-hydrogen) atoms. The van der Waals surface area contributed by atoms with E-state index in [0.717, 1.165) is 0 Å². The zero-order valence-electron chi connectivity index (χ0n) is 17.2. The van der Waals surface area contributed by atoms with E-state index in [9.17, 15) is 9.18 Å². The predicted octanol–water partition coefficient (Wildman–Crippen LogP) is 2.39. The van der Waals surface area contributed by atoms with Crippen LogP contribution in [0.5, 0.6) is 5.75 Å². The van der Waals surface area contributed by atoms with Crippen molar-refractivity contribution in [2.45, 2.75) is 6.54 Å². The summed E-state index contributed by atoms with van der Waals surface area (Å²) in [7, 11) is 1.52. The summed E-state index contributed by atoms with van der Waals surface area (Å²) in [5, 5.41) is 7.73. The molecule has 0 aliphatic rings. The number of hydrogen-bond acceptors (Lipinski definition) is 8. The number of nitrogens with zero attached hydrogens (tertiary/aromatic N) is 5. The Hall–Kier alpha value is -4.12. The Labute approximate surface area is 182 Å². The third-order valence-corrected chi connectivity index (χ3v) is 4.56. The molecule has 3 aromatic heterocycles. The Morgan fingerprint density at radius 2 is 2.06 bits per heavy atom. The van der Waals surface area contributed by atoms with Crippen molar-refractivity contribution < 1.29 is 18.7 Å². The van der Waals surface area contributed by atoms with Crippen LogP contribution in [-0.2, 0) is 11.3 Å². The van der Waals surface area contributed by atoms with Gasteiger partial charge in [0.15, 0.2) is 23.0 Å². The van der Waals surface area contributed by atoms with Crippen molar-refractivity contribution >= 4 is 22.9 Å². The number of pyridine rings is 1. The maximum Gasteiger partial charge on any atom is 0.412 e. The number of carbonyl (C=O) groups is 1. The maximum absolute atomic E-state index is 14.1. The number of aromatic nitrogens is 5. The second-order valence-electron chi connectivity index (χ2n) is 6.72. The molecule has 0 spiro atoms. The number of halogens is 1. The van der Waals surface area contributed by atoms with Crippen molar-refractivity contribution in [2.24, 2.45) is 0 Å². The first-order valence-electron chi connectivity index (χ1n) is 9.69. The van der Waals surface area contributed by atoms with E-state index in [1.165, 1.54) is 19.4 Å². The number of nitrogens with two attached hydrogens (primary N) is 1.